The number of sulfonamides is 2. The summed E-state index contributed by atoms with van der Waals surface area (Å²) in [6, 6.07) is 8.07. The molecule has 1 N–H and O–H groups in total. The third-order valence-electron chi connectivity index (χ3n) is 3.46. The Bertz CT molecular complexity index is 1130. The molecular formula is C16H14Cl2FN3O4S2. The van der Waals surface area contributed by atoms with Crippen LogP contribution < -0.4 is 9.03 Å². The molecule has 2 aromatic carbocycles. The topological polar surface area (TPSA) is 107 Å². The molecule has 0 bridgehead atoms. The van der Waals surface area contributed by atoms with Gasteiger partial charge in [0.05, 0.1) is 29.3 Å². The fraction of sp³-hybridized carbons (Fsp3) is 0.188. The second-order valence-electron chi connectivity index (χ2n) is 5.76. The molecule has 0 aromatic heterocycles. The van der Waals surface area contributed by atoms with Crippen LogP contribution in [-0.4, -0.2) is 29.3 Å². The van der Waals surface area contributed by atoms with Gasteiger partial charge in [0.15, 0.2) is 0 Å². The van der Waals surface area contributed by atoms with E-state index >= 15 is 0 Å². The highest BCUT2D eigenvalue weighted by Crippen LogP contribution is 2.34. The van der Waals surface area contributed by atoms with E-state index in [0.717, 1.165) is 18.6 Å². The van der Waals surface area contributed by atoms with Crippen molar-refractivity contribution in [1.29, 1.82) is 5.26 Å². The first-order valence-electron chi connectivity index (χ1n) is 7.45. The molecule has 2 rings (SSSR count). The smallest absolute Gasteiger partial charge is 0.245 e. The maximum Gasteiger partial charge on any atom is 0.245 e. The second-order valence-corrected chi connectivity index (χ2v) is 10.5. The molecule has 0 amide bonds. The van der Waals surface area contributed by atoms with Crippen molar-refractivity contribution in [3.05, 3.63) is 57.8 Å². The van der Waals surface area contributed by atoms with Crippen LogP contribution in [-0.2, 0) is 20.0 Å². The summed E-state index contributed by atoms with van der Waals surface area (Å²) >= 11 is 11.7. The molecule has 1 atom stereocenters. The standard InChI is InChI=1S/C16H14Cl2FN3O4S2/c1-27(23,24)22(28(2,25)26)16-6-3-10(17)7-12(16)15(9-20)21-11-4-5-14(19)13(18)8-11/h3-8,15,21H,1-2H3. The summed E-state index contributed by atoms with van der Waals surface area (Å²) in [5.74, 6) is -0.663. The number of hydrogen-bond donors (Lipinski definition) is 1. The number of halogens is 3. The fourth-order valence-corrected chi connectivity index (χ4v) is 5.83. The molecule has 12 heteroatoms. The van der Waals surface area contributed by atoms with Crippen LogP contribution in [0, 0.1) is 17.1 Å². The first kappa shape index (κ1) is 22.2. The highest BCUT2D eigenvalue weighted by Gasteiger charge is 2.31. The van der Waals surface area contributed by atoms with E-state index in [-0.39, 0.29) is 30.7 Å². The molecule has 0 aliphatic carbocycles. The lowest BCUT2D eigenvalue weighted by Gasteiger charge is -2.25. The summed E-state index contributed by atoms with van der Waals surface area (Å²) in [5.41, 5.74) is -0.0120. The zero-order valence-electron chi connectivity index (χ0n) is 14.5. The van der Waals surface area contributed by atoms with Crippen molar-refractivity contribution in [2.75, 3.05) is 21.5 Å². The van der Waals surface area contributed by atoms with Gasteiger partial charge in [-0.05, 0) is 36.4 Å². The van der Waals surface area contributed by atoms with E-state index in [9.17, 15) is 26.5 Å². The van der Waals surface area contributed by atoms with Crippen molar-refractivity contribution >= 4 is 54.6 Å². The Kier molecular flexibility index (Phi) is 6.45. The minimum absolute atomic E-state index is 0.00806. The Morgan fingerprint density at radius 2 is 1.68 bits per heavy atom. The molecular weight excluding hydrogens is 452 g/mol. The minimum Gasteiger partial charge on any atom is -0.366 e. The van der Waals surface area contributed by atoms with E-state index < -0.39 is 31.9 Å². The van der Waals surface area contributed by atoms with Crippen LogP contribution in [0.15, 0.2) is 36.4 Å². The van der Waals surface area contributed by atoms with E-state index in [1.54, 1.807) is 0 Å². The van der Waals surface area contributed by atoms with E-state index in [4.69, 9.17) is 23.2 Å². The lowest BCUT2D eigenvalue weighted by atomic mass is 10.1. The maximum absolute atomic E-state index is 13.3. The van der Waals surface area contributed by atoms with Gasteiger partial charge in [-0.3, -0.25) is 0 Å². The first-order chi connectivity index (χ1) is 12.8. The first-order valence-corrected chi connectivity index (χ1v) is 11.9. The van der Waals surface area contributed by atoms with E-state index in [1.165, 1.54) is 30.3 Å². The number of nitrogens with zero attached hydrogens (tertiary/aromatic N) is 2. The maximum atomic E-state index is 13.3. The van der Waals surface area contributed by atoms with Crippen molar-refractivity contribution in [3.63, 3.8) is 0 Å². The Morgan fingerprint density at radius 3 is 2.18 bits per heavy atom. The van der Waals surface area contributed by atoms with Gasteiger partial charge in [-0.2, -0.15) is 8.97 Å². The van der Waals surface area contributed by atoms with Crippen LogP contribution in [0.3, 0.4) is 0 Å². The molecule has 28 heavy (non-hydrogen) atoms. The van der Waals surface area contributed by atoms with Crippen molar-refractivity contribution in [2.45, 2.75) is 6.04 Å². The Morgan fingerprint density at radius 1 is 1.07 bits per heavy atom. The molecule has 0 aliphatic rings. The van der Waals surface area contributed by atoms with Gasteiger partial charge in [0.25, 0.3) is 0 Å². The average molecular weight is 466 g/mol. The Labute approximate surface area is 172 Å². The number of nitrogens with one attached hydrogen (secondary N) is 1. The van der Waals surface area contributed by atoms with E-state index in [2.05, 4.69) is 5.32 Å². The fourth-order valence-electron chi connectivity index (χ4n) is 2.46. The molecule has 0 saturated carbocycles. The number of rotatable bonds is 6. The predicted octanol–water partition coefficient (Wildman–Crippen LogP) is 3.53. The molecule has 0 heterocycles. The number of nitriles is 1. The lowest BCUT2D eigenvalue weighted by molar-refractivity contribution is 0.590. The summed E-state index contributed by atoms with van der Waals surface area (Å²) in [4.78, 5) is 0. The van der Waals surface area contributed by atoms with Gasteiger partial charge in [-0.15, -0.1) is 0 Å². The van der Waals surface area contributed by atoms with Gasteiger partial charge in [-0.1, -0.05) is 23.2 Å². The zero-order chi connectivity index (χ0) is 21.3. The van der Waals surface area contributed by atoms with Crippen LogP contribution in [0.25, 0.3) is 0 Å². The summed E-state index contributed by atoms with van der Waals surface area (Å²) in [6.45, 7) is 0. The van der Waals surface area contributed by atoms with Crippen LogP contribution in [0.5, 0.6) is 0 Å². The molecule has 1 unspecified atom stereocenters. The Balaban J connectivity index is 2.64. The molecule has 7 nitrogen and oxygen atoms in total. The normalized spacial score (nSPS) is 12.9. The van der Waals surface area contributed by atoms with Gasteiger partial charge in [0.2, 0.25) is 20.0 Å². The third kappa shape index (κ3) is 5.05. The molecule has 150 valence electrons. The lowest BCUT2D eigenvalue weighted by Crippen LogP contribution is -2.36. The van der Waals surface area contributed by atoms with Crippen LogP contribution in [0.2, 0.25) is 10.0 Å². The molecule has 0 saturated heterocycles. The van der Waals surface area contributed by atoms with Crippen molar-refractivity contribution < 1.29 is 21.2 Å². The summed E-state index contributed by atoms with van der Waals surface area (Å²) < 4.78 is 62.0. The Hall–Kier alpha value is -2.06. The molecule has 0 fully saturated rings. The quantitative estimate of drug-likeness (QED) is 0.698. The van der Waals surface area contributed by atoms with E-state index in [0.29, 0.717) is 0 Å². The molecule has 2 aromatic rings. The summed E-state index contributed by atoms with van der Waals surface area (Å²) in [7, 11) is -8.49. The second kappa shape index (κ2) is 8.13. The third-order valence-corrected chi connectivity index (χ3v) is 7.21. The predicted molar refractivity (Wildman–Crippen MR) is 107 cm³/mol. The van der Waals surface area contributed by atoms with Crippen molar-refractivity contribution in [3.8, 4) is 6.07 Å². The van der Waals surface area contributed by atoms with Crippen LogP contribution in [0.1, 0.15) is 11.6 Å². The van der Waals surface area contributed by atoms with Crippen molar-refractivity contribution in [2.24, 2.45) is 0 Å². The molecule has 0 spiro atoms. The van der Waals surface area contributed by atoms with E-state index in [1.807, 2.05) is 6.07 Å². The van der Waals surface area contributed by atoms with Crippen molar-refractivity contribution in [1.82, 2.24) is 0 Å². The monoisotopic (exact) mass is 465 g/mol. The van der Waals surface area contributed by atoms with Gasteiger partial charge in [0.1, 0.15) is 11.9 Å². The molecule has 0 radical (unpaired) electrons. The number of hydrogen-bond acceptors (Lipinski definition) is 6. The van der Waals surface area contributed by atoms with Gasteiger partial charge >= 0.3 is 0 Å². The molecule has 0 aliphatic heterocycles. The number of benzene rings is 2. The van der Waals surface area contributed by atoms with Crippen LogP contribution in [0.4, 0.5) is 15.8 Å². The number of anilines is 2. The SMILES string of the molecule is CS(=O)(=O)N(c1ccc(Cl)cc1C(C#N)Nc1ccc(F)c(Cl)c1)S(C)(=O)=O. The highest BCUT2D eigenvalue weighted by atomic mass is 35.5. The van der Waals surface area contributed by atoms with Gasteiger partial charge in [-0.25, -0.2) is 21.2 Å². The zero-order valence-corrected chi connectivity index (χ0v) is 17.7. The van der Waals surface area contributed by atoms with Gasteiger partial charge < -0.3 is 5.32 Å². The summed E-state index contributed by atoms with van der Waals surface area (Å²) in [6.07, 6.45) is 1.45. The summed E-state index contributed by atoms with van der Waals surface area (Å²) in [5, 5.41) is 12.3. The minimum atomic E-state index is -4.24. The van der Waals surface area contributed by atoms with Crippen LogP contribution >= 0.6 is 23.2 Å². The largest absolute Gasteiger partial charge is 0.366 e. The van der Waals surface area contributed by atoms with Gasteiger partial charge in [0, 0.05) is 16.3 Å². The highest BCUT2D eigenvalue weighted by molar-refractivity contribution is 8.09. The average Bonchev–Trinajstić information content (AvgIpc) is 2.55.